The Hall–Kier alpha value is -2.27. The van der Waals surface area contributed by atoms with Crippen LogP contribution >= 0.6 is 0 Å². The molecule has 0 saturated carbocycles. The average Bonchev–Trinajstić information content (AvgIpc) is 3.24. The summed E-state index contributed by atoms with van der Waals surface area (Å²) in [6.45, 7) is 4.77. The van der Waals surface area contributed by atoms with Crippen molar-refractivity contribution in [2.75, 3.05) is 19.7 Å². The lowest BCUT2D eigenvalue weighted by Gasteiger charge is -2.23. The minimum Gasteiger partial charge on any atom is -0.492 e. The summed E-state index contributed by atoms with van der Waals surface area (Å²) in [6, 6.07) is 11.6. The highest BCUT2D eigenvalue weighted by Gasteiger charge is 2.30. The quantitative estimate of drug-likeness (QED) is 0.849. The highest BCUT2D eigenvalue weighted by atomic mass is 16.5. The molecule has 2 heterocycles. The minimum atomic E-state index is -0.0685. The second-order valence-corrected chi connectivity index (χ2v) is 6.16. The van der Waals surface area contributed by atoms with Gasteiger partial charge in [0.25, 0.3) is 0 Å². The SMILES string of the molecule is Cc1cccc(OCCN2CCC[C@@H]2C(=O)NCc2ccco2)c1. The van der Waals surface area contributed by atoms with Crippen LogP contribution in [0.3, 0.4) is 0 Å². The lowest BCUT2D eigenvalue weighted by Crippen LogP contribution is -2.44. The van der Waals surface area contributed by atoms with Gasteiger partial charge in [-0.2, -0.15) is 0 Å². The topological polar surface area (TPSA) is 54.7 Å². The van der Waals surface area contributed by atoms with E-state index in [9.17, 15) is 4.79 Å². The van der Waals surface area contributed by atoms with Gasteiger partial charge in [0, 0.05) is 6.54 Å². The van der Waals surface area contributed by atoms with E-state index in [0.717, 1.165) is 37.4 Å². The number of amides is 1. The van der Waals surface area contributed by atoms with Crippen LogP contribution in [0.25, 0.3) is 0 Å². The van der Waals surface area contributed by atoms with Crippen molar-refractivity contribution in [1.82, 2.24) is 10.2 Å². The zero-order valence-corrected chi connectivity index (χ0v) is 14.0. The summed E-state index contributed by atoms with van der Waals surface area (Å²) in [4.78, 5) is 14.6. The molecule has 1 N–H and O–H groups in total. The molecule has 2 aromatic rings. The molecular formula is C19H24N2O3. The fourth-order valence-corrected chi connectivity index (χ4v) is 3.08. The number of hydrogen-bond acceptors (Lipinski definition) is 4. The lowest BCUT2D eigenvalue weighted by atomic mass is 10.2. The van der Waals surface area contributed by atoms with Crippen LogP contribution in [-0.4, -0.2) is 36.5 Å². The molecule has 3 rings (SSSR count). The van der Waals surface area contributed by atoms with E-state index >= 15 is 0 Å². The molecule has 5 nitrogen and oxygen atoms in total. The number of likely N-dealkylation sites (tertiary alicyclic amines) is 1. The number of carbonyl (C=O) groups excluding carboxylic acids is 1. The molecule has 1 amide bonds. The highest BCUT2D eigenvalue weighted by Crippen LogP contribution is 2.18. The van der Waals surface area contributed by atoms with E-state index in [1.807, 2.05) is 43.3 Å². The fraction of sp³-hybridized carbons (Fsp3) is 0.421. The van der Waals surface area contributed by atoms with Crippen LogP contribution in [0.1, 0.15) is 24.2 Å². The van der Waals surface area contributed by atoms with Crippen molar-refractivity contribution in [2.45, 2.75) is 32.4 Å². The number of hydrogen-bond donors (Lipinski definition) is 1. The van der Waals surface area contributed by atoms with Crippen molar-refractivity contribution in [1.29, 1.82) is 0 Å². The van der Waals surface area contributed by atoms with E-state index in [4.69, 9.17) is 9.15 Å². The standard InChI is InChI=1S/C19H24N2O3/c1-15-5-2-6-16(13-15)24-12-10-21-9-3-8-18(21)19(22)20-14-17-7-4-11-23-17/h2,4-7,11,13,18H,3,8-10,12,14H2,1H3,(H,20,22)/t18-/m1/s1. The van der Waals surface area contributed by atoms with Gasteiger partial charge in [-0.1, -0.05) is 12.1 Å². The molecule has 0 spiro atoms. The fourth-order valence-electron chi connectivity index (χ4n) is 3.08. The summed E-state index contributed by atoms with van der Waals surface area (Å²) in [7, 11) is 0. The van der Waals surface area contributed by atoms with Crippen molar-refractivity contribution in [3.8, 4) is 5.75 Å². The number of benzene rings is 1. The normalized spacial score (nSPS) is 17.8. The Labute approximate surface area is 142 Å². The highest BCUT2D eigenvalue weighted by molar-refractivity contribution is 5.81. The van der Waals surface area contributed by atoms with Gasteiger partial charge in [0.05, 0.1) is 18.8 Å². The van der Waals surface area contributed by atoms with Gasteiger partial charge in [-0.05, 0) is 56.1 Å². The van der Waals surface area contributed by atoms with E-state index in [2.05, 4.69) is 10.2 Å². The molecule has 128 valence electrons. The Kier molecular flexibility index (Phi) is 5.54. The third-order valence-corrected chi connectivity index (χ3v) is 4.32. The Balaban J connectivity index is 1.45. The van der Waals surface area contributed by atoms with Gasteiger partial charge in [-0.15, -0.1) is 0 Å². The van der Waals surface area contributed by atoms with Crippen LogP contribution in [0.2, 0.25) is 0 Å². The van der Waals surface area contributed by atoms with Gasteiger partial charge in [0.1, 0.15) is 18.1 Å². The maximum atomic E-state index is 12.4. The number of furan rings is 1. The number of aryl methyl sites for hydroxylation is 1. The van der Waals surface area contributed by atoms with Gasteiger partial charge < -0.3 is 14.5 Å². The average molecular weight is 328 g/mol. The Morgan fingerprint density at radius 2 is 2.29 bits per heavy atom. The zero-order valence-electron chi connectivity index (χ0n) is 14.0. The maximum absolute atomic E-state index is 12.4. The first-order valence-corrected chi connectivity index (χ1v) is 8.46. The second-order valence-electron chi connectivity index (χ2n) is 6.16. The molecule has 0 unspecified atom stereocenters. The largest absolute Gasteiger partial charge is 0.492 e. The van der Waals surface area contributed by atoms with Crippen LogP contribution in [0, 0.1) is 6.92 Å². The van der Waals surface area contributed by atoms with E-state index in [-0.39, 0.29) is 11.9 Å². The third-order valence-electron chi connectivity index (χ3n) is 4.32. The first-order valence-electron chi connectivity index (χ1n) is 8.46. The second kappa shape index (κ2) is 8.02. The molecule has 1 saturated heterocycles. The molecule has 1 aromatic heterocycles. The van der Waals surface area contributed by atoms with Crippen LogP contribution in [0.15, 0.2) is 47.1 Å². The summed E-state index contributed by atoms with van der Waals surface area (Å²) in [6.07, 6.45) is 3.56. The molecule has 0 radical (unpaired) electrons. The van der Waals surface area contributed by atoms with Crippen LogP contribution < -0.4 is 10.1 Å². The zero-order chi connectivity index (χ0) is 16.8. The Morgan fingerprint density at radius 1 is 1.38 bits per heavy atom. The van der Waals surface area contributed by atoms with Crippen molar-refractivity contribution in [3.05, 3.63) is 54.0 Å². The molecule has 24 heavy (non-hydrogen) atoms. The predicted molar refractivity (Wildman–Crippen MR) is 91.8 cm³/mol. The molecule has 1 atom stereocenters. The molecule has 0 aliphatic carbocycles. The molecule has 1 fully saturated rings. The van der Waals surface area contributed by atoms with E-state index in [1.165, 1.54) is 5.56 Å². The van der Waals surface area contributed by atoms with Crippen molar-refractivity contribution >= 4 is 5.91 Å². The van der Waals surface area contributed by atoms with Crippen LogP contribution in [0.5, 0.6) is 5.75 Å². The third kappa shape index (κ3) is 4.38. The summed E-state index contributed by atoms with van der Waals surface area (Å²) < 4.78 is 11.1. The number of carbonyl (C=O) groups is 1. The molecule has 0 bridgehead atoms. The molecule has 1 aromatic carbocycles. The maximum Gasteiger partial charge on any atom is 0.237 e. The molecule has 1 aliphatic heterocycles. The van der Waals surface area contributed by atoms with Crippen LogP contribution in [-0.2, 0) is 11.3 Å². The van der Waals surface area contributed by atoms with Crippen molar-refractivity contribution in [3.63, 3.8) is 0 Å². The predicted octanol–water partition coefficient (Wildman–Crippen LogP) is 2.75. The summed E-state index contributed by atoms with van der Waals surface area (Å²) in [5.41, 5.74) is 1.18. The van der Waals surface area contributed by atoms with Gasteiger partial charge in [0.15, 0.2) is 0 Å². The first-order chi connectivity index (χ1) is 11.7. The number of ether oxygens (including phenoxy) is 1. The van der Waals surface area contributed by atoms with Gasteiger partial charge in [-0.3, -0.25) is 9.69 Å². The number of nitrogens with one attached hydrogen (secondary N) is 1. The number of nitrogens with zero attached hydrogens (tertiary/aromatic N) is 1. The summed E-state index contributed by atoms with van der Waals surface area (Å²) in [5, 5.41) is 2.96. The smallest absolute Gasteiger partial charge is 0.237 e. The summed E-state index contributed by atoms with van der Waals surface area (Å²) in [5.74, 6) is 1.73. The van der Waals surface area contributed by atoms with Gasteiger partial charge >= 0.3 is 0 Å². The first kappa shape index (κ1) is 16.6. The van der Waals surface area contributed by atoms with E-state index in [0.29, 0.717) is 13.2 Å². The van der Waals surface area contributed by atoms with Crippen LogP contribution in [0.4, 0.5) is 0 Å². The monoisotopic (exact) mass is 328 g/mol. The minimum absolute atomic E-state index is 0.0685. The lowest BCUT2D eigenvalue weighted by molar-refractivity contribution is -0.125. The van der Waals surface area contributed by atoms with Crippen molar-refractivity contribution in [2.24, 2.45) is 0 Å². The van der Waals surface area contributed by atoms with E-state index < -0.39 is 0 Å². The molecule has 5 heteroatoms. The Morgan fingerprint density at radius 3 is 3.08 bits per heavy atom. The van der Waals surface area contributed by atoms with Crippen molar-refractivity contribution < 1.29 is 13.9 Å². The number of rotatable bonds is 7. The van der Waals surface area contributed by atoms with E-state index in [1.54, 1.807) is 6.26 Å². The molecular weight excluding hydrogens is 304 g/mol. The Bertz CT molecular complexity index is 654. The van der Waals surface area contributed by atoms with Gasteiger partial charge in [0.2, 0.25) is 5.91 Å². The van der Waals surface area contributed by atoms with Gasteiger partial charge in [-0.25, -0.2) is 0 Å². The molecule has 1 aliphatic rings. The summed E-state index contributed by atoms with van der Waals surface area (Å²) >= 11 is 0.